The Bertz CT molecular complexity index is 587. The average molecular weight is 341 g/mol. The number of piperazine rings is 1. The van der Waals surface area contributed by atoms with E-state index in [1.54, 1.807) is 6.92 Å². The van der Waals surface area contributed by atoms with Crippen molar-refractivity contribution in [3.8, 4) is 0 Å². The first-order chi connectivity index (χ1) is 11.2. The van der Waals surface area contributed by atoms with Crippen molar-refractivity contribution in [2.45, 2.75) is 32.4 Å². The summed E-state index contributed by atoms with van der Waals surface area (Å²) in [6, 6.07) is 2.52. The Balaban J connectivity index is 1.94. The molecule has 134 valence electrons. The van der Waals surface area contributed by atoms with E-state index in [0.29, 0.717) is 13.1 Å². The minimum Gasteiger partial charge on any atom is -0.394 e. The molecule has 1 saturated heterocycles. The van der Waals surface area contributed by atoms with Crippen molar-refractivity contribution < 1.29 is 18.7 Å². The monoisotopic (exact) mass is 341 g/mol. The van der Waals surface area contributed by atoms with Gasteiger partial charge in [-0.05, 0) is 32.9 Å². The zero-order valence-corrected chi connectivity index (χ0v) is 14.4. The van der Waals surface area contributed by atoms with Crippen LogP contribution < -0.4 is 5.32 Å². The van der Waals surface area contributed by atoms with Crippen LogP contribution in [0.15, 0.2) is 18.2 Å². The molecule has 1 aliphatic rings. The Morgan fingerprint density at radius 1 is 1.29 bits per heavy atom. The lowest BCUT2D eigenvalue weighted by Gasteiger charge is -2.44. The number of nitrogens with zero attached hydrogens (tertiary/aromatic N) is 2. The van der Waals surface area contributed by atoms with Crippen LogP contribution in [0.25, 0.3) is 0 Å². The summed E-state index contributed by atoms with van der Waals surface area (Å²) < 4.78 is 26.8. The molecule has 0 bridgehead atoms. The van der Waals surface area contributed by atoms with E-state index in [4.69, 9.17) is 0 Å². The summed E-state index contributed by atoms with van der Waals surface area (Å²) in [7, 11) is 0. The fourth-order valence-electron chi connectivity index (χ4n) is 2.81. The summed E-state index contributed by atoms with van der Waals surface area (Å²) in [5.41, 5.74) is -0.436. The lowest BCUT2D eigenvalue weighted by atomic mass is 10.0. The molecule has 0 aliphatic carbocycles. The minimum absolute atomic E-state index is 0.0713. The number of anilines is 1. The van der Waals surface area contributed by atoms with Crippen LogP contribution in [0.1, 0.15) is 20.8 Å². The number of hydrogen-bond donors (Lipinski definition) is 2. The van der Waals surface area contributed by atoms with E-state index in [1.165, 1.54) is 0 Å². The van der Waals surface area contributed by atoms with Crippen molar-refractivity contribution in [1.82, 2.24) is 9.80 Å². The molecule has 1 heterocycles. The zero-order chi connectivity index (χ0) is 17.9. The van der Waals surface area contributed by atoms with Crippen molar-refractivity contribution in [2.75, 3.05) is 38.1 Å². The van der Waals surface area contributed by atoms with Gasteiger partial charge in [-0.15, -0.1) is 0 Å². The Morgan fingerprint density at radius 3 is 2.50 bits per heavy atom. The van der Waals surface area contributed by atoms with Crippen LogP contribution in [-0.4, -0.2) is 65.2 Å². The third kappa shape index (κ3) is 4.28. The number of halogens is 2. The predicted molar refractivity (Wildman–Crippen MR) is 88.8 cm³/mol. The summed E-state index contributed by atoms with van der Waals surface area (Å²) in [6.45, 7) is 8.59. The number of carbonyl (C=O) groups excluding carboxylic acids is 1. The minimum atomic E-state index is -0.661. The van der Waals surface area contributed by atoms with Crippen LogP contribution in [0.2, 0.25) is 0 Å². The smallest absolute Gasteiger partial charge is 0.241 e. The molecule has 2 N–H and O–H groups in total. The van der Waals surface area contributed by atoms with Crippen LogP contribution in [-0.2, 0) is 4.79 Å². The molecule has 1 aliphatic heterocycles. The van der Waals surface area contributed by atoms with Crippen LogP contribution in [0, 0.1) is 11.6 Å². The lowest BCUT2D eigenvalue weighted by molar-refractivity contribution is -0.121. The van der Waals surface area contributed by atoms with Gasteiger partial charge in [0.15, 0.2) is 0 Å². The van der Waals surface area contributed by atoms with Gasteiger partial charge in [-0.3, -0.25) is 14.6 Å². The van der Waals surface area contributed by atoms with Crippen LogP contribution in [0.5, 0.6) is 0 Å². The lowest BCUT2D eigenvalue weighted by Crippen LogP contribution is -2.58. The highest BCUT2D eigenvalue weighted by atomic mass is 19.1. The Morgan fingerprint density at radius 2 is 1.92 bits per heavy atom. The Labute approximate surface area is 141 Å². The van der Waals surface area contributed by atoms with Crippen molar-refractivity contribution in [1.29, 1.82) is 0 Å². The molecule has 5 nitrogen and oxygen atoms in total. The molecule has 0 aromatic heterocycles. The predicted octanol–water partition coefficient (Wildman–Crippen LogP) is 1.68. The fraction of sp³-hybridized carbons (Fsp3) is 0.588. The second-order valence-electron chi connectivity index (χ2n) is 6.78. The van der Waals surface area contributed by atoms with E-state index in [2.05, 4.69) is 10.2 Å². The number of aliphatic hydroxyl groups excluding tert-OH is 1. The van der Waals surface area contributed by atoms with Crippen molar-refractivity contribution in [3.63, 3.8) is 0 Å². The van der Waals surface area contributed by atoms with Gasteiger partial charge in [-0.1, -0.05) is 0 Å². The normalized spacial score (nSPS) is 18.4. The van der Waals surface area contributed by atoms with E-state index in [1.807, 2.05) is 18.7 Å². The highest BCUT2D eigenvalue weighted by Gasteiger charge is 2.32. The second kappa shape index (κ2) is 7.55. The number of nitrogens with one attached hydrogen (secondary N) is 1. The molecule has 1 amide bonds. The van der Waals surface area contributed by atoms with Gasteiger partial charge in [0, 0.05) is 37.8 Å². The first-order valence-electron chi connectivity index (χ1n) is 8.10. The van der Waals surface area contributed by atoms with Crippen LogP contribution in [0.4, 0.5) is 14.5 Å². The van der Waals surface area contributed by atoms with Gasteiger partial charge in [0.05, 0.1) is 18.3 Å². The number of rotatable bonds is 5. The molecule has 0 spiro atoms. The van der Waals surface area contributed by atoms with Gasteiger partial charge in [-0.25, -0.2) is 8.78 Å². The molecule has 24 heavy (non-hydrogen) atoms. The maximum Gasteiger partial charge on any atom is 0.241 e. The van der Waals surface area contributed by atoms with Crippen LogP contribution in [0.3, 0.4) is 0 Å². The molecule has 7 heteroatoms. The fourth-order valence-corrected chi connectivity index (χ4v) is 2.81. The number of amides is 1. The summed E-state index contributed by atoms with van der Waals surface area (Å²) in [6.07, 6.45) is 0. The molecule has 0 unspecified atom stereocenters. The van der Waals surface area contributed by atoms with Crippen LogP contribution >= 0.6 is 0 Å². The highest BCUT2D eigenvalue weighted by molar-refractivity contribution is 5.94. The van der Waals surface area contributed by atoms with Gasteiger partial charge in [0.1, 0.15) is 11.6 Å². The summed E-state index contributed by atoms with van der Waals surface area (Å²) in [5.74, 6) is -1.62. The third-order valence-corrected chi connectivity index (χ3v) is 4.67. The summed E-state index contributed by atoms with van der Waals surface area (Å²) in [5, 5.41) is 11.9. The van der Waals surface area contributed by atoms with Gasteiger partial charge in [0.25, 0.3) is 0 Å². The van der Waals surface area contributed by atoms with E-state index in [9.17, 15) is 18.7 Å². The molecule has 1 aromatic rings. The number of benzene rings is 1. The Kier molecular flexibility index (Phi) is 5.90. The van der Waals surface area contributed by atoms with Crippen molar-refractivity contribution >= 4 is 11.6 Å². The molecule has 1 atom stereocenters. The second-order valence-corrected chi connectivity index (χ2v) is 6.78. The molecule has 0 saturated carbocycles. The van der Waals surface area contributed by atoms with E-state index in [-0.39, 0.29) is 23.7 Å². The van der Waals surface area contributed by atoms with Crippen molar-refractivity contribution in [2.24, 2.45) is 0 Å². The molecule has 1 aromatic carbocycles. The Hall–Kier alpha value is -1.57. The summed E-state index contributed by atoms with van der Waals surface area (Å²) >= 11 is 0. The van der Waals surface area contributed by atoms with E-state index in [0.717, 1.165) is 31.3 Å². The highest BCUT2D eigenvalue weighted by Crippen LogP contribution is 2.19. The maximum atomic E-state index is 13.6. The SMILES string of the molecule is C[C@H](C(=O)Nc1cc(F)ccc1F)N1CCN(C(C)(C)CO)CC1. The van der Waals surface area contributed by atoms with Gasteiger partial charge < -0.3 is 10.4 Å². The average Bonchev–Trinajstić information content (AvgIpc) is 2.57. The molecule has 1 fully saturated rings. The van der Waals surface area contributed by atoms with Crippen molar-refractivity contribution in [3.05, 3.63) is 29.8 Å². The number of hydrogen-bond acceptors (Lipinski definition) is 4. The molecular formula is C17H25F2N3O2. The topological polar surface area (TPSA) is 55.8 Å². The third-order valence-electron chi connectivity index (χ3n) is 4.67. The van der Waals surface area contributed by atoms with E-state index < -0.39 is 17.7 Å². The zero-order valence-electron chi connectivity index (χ0n) is 14.4. The first-order valence-corrected chi connectivity index (χ1v) is 8.10. The first kappa shape index (κ1) is 18.8. The van der Waals surface area contributed by atoms with Gasteiger partial charge >= 0.3 is 0 Å². The molecule has 2 rings (SSSR count). The maximum absolute atomic E-state index is 13.6. The largest absolute Gasteiger partial charge is 0.394 e. The summed E-state index contributed by atoms with van der Waals surface area (Å²) in [4.78, 5) is 16.5. The molecule has 0 radical (unpaired) electrons. The van der Waals surface area contributed by atoms with Gasteiger partial charge in [-0.2, -0.15) is 0 Å². The van der Waals surface area contributed by atoms with E-state index >= 15 is 0 Å². The standard InChI is InChI=1S/C17H25F2N3O2/c1-12(16(24)20-15-10-13(18)4-5-14(15)19)21-6-8-22(9-7-21)17(2,3)11-23/h4-5,10,12,23H,6-9,11H2,1-3H3,(H,20,24)/t12-/m1/s1. The number of carbonyl (C=O) groups is 1. The number of aliphatic hydroxyl groups is 1. The molecular weight excluding hydrogens is 316 g/mol. The van der Waals surface area contributed by atoms with Gasteiger partial charge in [0.2, 0.25) is 5.91 Å². The quantitative estimate of drug-likeness (QED) is 0.856.